The lowest BCUT2D eigenvalue weighted by Gasteiger charge is -2.33. The molecule has 8 heteroatoms. The van der Waals surface area contributed by atoms with E-state index in [1.807, 2.05) is 37.3 Å². The summed E-state index contributed by atoms with van der Waals surface area (Å²) in [6.07, 6.45) is 2.00. The number of guanidine groups is 1. The zero-order chi connectivity index (χ0) is 20.4. The third kappa shape index (κ3) is 9.66. The molecule has 0 radical (unpaired) electrons. The molecule has 1 fully saturated rings. The fourth-order valence-corrected chi connectivity index (χ4v) is 3.07. The van der Waals surface area contributed by atoms with Gasteiger partial charge in [-0.15, -0.1) is 24.0 Å². The lowest BCUT2D eigenvalue weighted by molar-refractivity contribution is -0.130. The van der Waals surface area contributed by atoms with Crippen LogP contribution in [0.25, 0.3) is 0 Å². The molecule has 1 aliphatic rings. The molecule has 1 atom stereocenters. The summed E-state index contributed by atoms with van der Waals surface area (Å²) in [5.74, 6) is 1.85. The van der Waals surface area contributed by atoms with E-state index < -0.39 is 0 Å². The van der Waals surface area contributed by atoms with Crippen LogP contribution in [0.4, 0.5) is 0 Å². The van der Waals surface area contributed by atoms with Crippen LogP contribution < -0.4 is 15.4 Å². The average molecular weight is 517 g/mol. The SMILES string of the molecule is CCNC(=NCC(C)Oc1ccccc1)NC1CCN(CC(=O)N(C)C)CC1.I. The molecule has 29 heavy (non-hydrogen) atoms. The summed E-state index contributed by atoms with van der Waals surface area (Å²) in [5.41, 5.74) is 0. The van der Waals surface area contributed by atoms with Gasteiger partial charge in [-0.05, 0) is 38.8 Å². The van der Waals surface area contributed by atoms with Gasteiger partial charge < -0.3 is 20.3 Å². The van der Waals surface area contributed by atoms with Crippen LogP contribution in [0, 0.1) is 0 Å². The first-order chi connectivity index (χ1) is 13.5. The van der Waals surface area contributed by atoms with Crippen LogP contribution in [0.1, 0.15) is 26.7 Å². The first-order valence-corrected chi connectivity index (χ1v) is 10.2. The van der Waals surface area contributed by atoms with Crippen LogP contribution in [-0.2, 0) is 4.79 Å². The van der Waals surface area contributed by atoms with Gasteiger partial charge in [0.2, 0.25) is 5.91 Å². The molecule has 2 rings (SSSR count). The van der Waals surface area contributed by atoms with Crippen LogP contribution in [0.3, 0.4) is 0 Å². The number of hydrogen-bond acceptors (Lipinski definition) is 4. The fraction of sp³-hybridized carbons (Fsp3) is 0.619. The molecule has 2 N–H and O–H groups in total. The number of rotatable bonds is 8. The third-order valence-electron chi connectivity index (χ3n) is 4.72. The maximum Gasteiger partial charge on any atom is 0.236 e. The topological polar surface area (TPSA) is 69.2 Å². The van der Waals surface area contributed by atoms with Gasteiger partial charge in [-0.3, -0.25) is 9.69 Å². The van der Waals surface area contributed by atoms with Gasteiger partial charge in [0.1, 0.15) is 11.9 Å². The van der Waals surface area contributed by atoms with Gasteiger partial charge in [-0.1, -0.05) is 18.2 Å². The predicted octanol–water partition coefficient (Wildman–Crippen LogP) is 2.18. The van der Waals surface area contributed by atoms with Crippen LogP contribution >= 0.6 is 24.0 Å². The molecule has 0 spiro atoms. The Kier molecular flexibility index (Phi) is 12.0. The summed E-state index contributed by atoms with van der Waals surface area (Å²) in [5, 5.41) is 6.85. The van der Waals surface area contributed by atoms with Crippen LogP contribution in [0.5, 0.6) is 5.75 Å². The van der Waals surface area contributed by atoms with Gasteiger partial charge in [0, 0.05) is 39.8 Å². The second-order valence-electron chi connectivity index (χ2n) is 7.44. The number of benzene rings is 1. The van der Waals surface area contributed by atoms with Crippen LogP contribution in [0.2, 0.25) is 0 Å². The highest BCUT2D eigenvalue weighted by Crippen LogP contribution is 2.12. The minimum atomic E-state index is -0.00301. The van der Waals surface area contributed by atoms with Crippen molar-refractivity contribution in [3.63, 3.8) is 0 Å². The number of amides is 1. The number of nitrogens with zero attached hydrogens (tertiary/aromatic N) is 3. The normalized spacial score (nSPS) is 16.5. The first-order valence-electron chi connectivity index (χ1n) is 10.2. The monoisotopic (exact) mass is 517 g/mol. The average Bonchev–Trinajstić information content (AvgIpc) is 2.68. The lowest BCUT2D eigenvalue weighted by atomic mass is 10.1. The molecule has 0 aromatic heterocycles. The highest BCUT2D eigenvalue weighted by molar-refractivity contribution is 14.0. The number of aliphatic imine (C=N–C) groups is 1. The Bertz CT molecular complexity index is 619. The van der Waals surface area contributed by atoms with Gasteiger partial charge in [-0.2, -0.15) is 0 Å². The van der Waals surface area contributed by atoms with Crippen molar-refractivity contribution in [2.45, 2.75) is 38.8 Å². The van der Waals surface area contributed by atoms with E-state index in [4.69, 9.17) is 4.74 Å². The zero-order valence-electron chi connectivity index (χ0n) is 18.1. The van der Waals surface area contributed by atoms with Crippen molar-refractivity contribution in [1.82, 2.24) is 20.4 Å². The van der Waals surface area contributed by atoms with Gasteiger partial charge in [-0.25, -0.2) is 4.99 Å². The number of nitrogens with one attached hydrogen (secondary N) is 2. The van der Waals surface area contributed by atoms with Crippen molar-refractivity contribution in [3.8, 4) is 5.75 Å². The summed E-state index contributed by atoms with van der Waals surface area (Å²) < 4.78 is 5.90. The minimum Gasteiger partial charge on any atom is -0.489 e. The van der Waals surface area contributed by atoms with Crippen LogP contribution in [-0.4, -0.2) is 80.6 Å². The summed E-state index contributed by atoms with van der Waals surface area (Å²) in [6.45, 7) is 7.84. The van der Waals surface area contributed by atoms with Crippen molar-refractivity contribution >= 4 is 35.8 Å². The Morgan fingerprint density at radius 2 is 1.93 bits per heavy atom. The summed E-state index contributed by atoms with van der Waals surface area (Å²) in [6, 6.07) is 10.2. The Morgan fingerprint density at radius 3 is 2.52 bits per heavy atom. The van der Waals surface area contributed by atoms with E-state index in [1.54, 1.807) is 19.0 Å². The zero-order valence-corrected chi connectivity index (χ0v) is 20.4. The summed E-state index contributed by atoms with van der Waals surface area (Å²) >= 11 is 0. The molecule has 0 bridgehead atoms. The van der Waals surface area contributed by atoms with E-state index >= 15 is 0 Å². The first kappa shape index (κ1) is 25.5. The number of halogens is 1. The molecule has 1 saturated heterocycles. The van der Waals surface area contributed by atoms with Crippen molar-refractivity contribution in [2.75, 3.05) is 46.8 Å². The fourth-order valence-electron chi connectivity index (χ4n) is 3.07. The van der Waals surface area contributed by atoms with E-state index in [-0.39, 0.29) is 36.0 Å². The maximum absolute atomic E-state index is 11.9. The van der Waals surface area contributed by atoms with E-state index in [0.29, 0.717) is 19.1 Å². The van der Waals surface area contributed by atoms with Gasteiger partial charge in [0.05, 0.1) is 13.1 Å². The number of hydrogen-bond donors (Lipinski definition) is 2. The number of carbonyl (C=O) groups is 1. The van der Waals surface area contributed by atoms with E-state index in [9.17, 15) is 4.79 Å². The van der Waals surface area contributed by atoms with Crippen LogP contribution in [0.15, 0.2) is 35.3 Å². The second kappa shape index (κ2) is 13.6. The molecule has 1 aromatic carbocycles. The van der Waals surface area contributed by atoms with Gasteiger partial charge >= 0.3 is 0 Å². The van der Waals surface area contributed by atoms with E-state index in [2.05, 4.69) is 27.4 Å². The summed E-state index contributed by atoms with van der Waals surface area (Å²) in [7, 11) is 3.61. The van der Waals surface area contributed by atoms with Crippen molar-refractivity contribution in [3.05, 3.63) is 30.3 Å². The number of carbonyl (C=O) groups excluding carboxylic acids is 1. The molecule has 1 aromatic rings. The lowest BCUT2D eigenvalue weighted by Crippen LogP contribution is -2.50. The molecule has 0 aliphatic carbocycles. The third-order valence-corrected chi connectivity index (χ3v) is 4.72. The molecule has 7 nitrogen and oxygen atoms in total. The molecule has 1 unspecified atom stereocenters. The molecule has 1 aliphatic heterocycles. The predicted molar refractivity (Wildman–Crippen MR) is 129 cm³/mol. The number of likely N-dealkylation sites (tertiary alicyclic amines) is 1. The second-order valence-corrected chi connectivity index (χ2v) is 7.44. The standard InChI is InChI=1S/C21H35N5O2.HI/c1-5-22-21(23-15-17(2)28-19-9-7-6-8-10-19)24-18-11-13-26(14-12-18)16-20(27)25(3)4;/h6-10,17-18H,5,11-16H2,1-4H3,(H2,22,23,24);1H. The Labute approximate surface area is 192 Å². The van der Waals surface area contributed by atoms with E-state index in [1.165, 1.54) is 0 Å². The smallest absolute Gasteiger partial charge is 0.236 e. The highest BCUT2D eigenvalue weighted by atomic mass is 127. The van der Waals surface area contributed by atoms with Gasteiger partial charge in [0.15, 0.2) is 5.96 Å². The Morgan fingerprint density at radius 1 is 1.28 bits per heavy atom. The molecule has 1 heterocycles. The summed E-state index contributed by atoms with van der Waals surface area (Å²) in [4.78, 5) is 20.4. The molecular formula is C21H36IN5O2. The number of likely N-dealkylation sites (N-methyl/N-ethyl adjacent to an activating group) is 1. The van der Waals surface area contributed by atoms with E-state index in [0.717, 1.165) is 44.2 Å². The number of piperidine rings is 1. The molecular weight excluding hydrogens is 481 g/mol. The number of ether oxygens (including phenoxy) is 1. The molecule has 1 amide bonds. The number of para-hydroxylation sites is 1. The van der Waals surface area contributed by atoms with Crippen molar-refractivity contribution in [2.24, 2.45) is 4.99 Å². The Hall–Kier alpha value is -1.55. The molecule has 0 saturated carbocycles. The largest absolute Gasteiger partial charge is 0.489 e. The molecule has 164 valence electrons. The van der Waals surface area contributed by atoms with Crippen molar-refractivity contribution < 1.29 is 9.53 Å². The highest BCUT2D eigenvalue weighted by Gasteiger charge is 2.22. The minimum absolute atomic E-state index is 0. The maximum atomic E-state index is 11.9. The van der Waals surface area contributed by atoms with Gasteiger partial charge in [0.25, 0.3) is 0 Å². The Balaban J connectivity index is 0.00000420. The quantitative estimate of drug-likeness (QED) is 0.315. The van der Waals surface area contributed by atoms with Crippen molar-refractivity contribution in [1.29, 1.82) is 0 Å².